The standard InChI is InChI=1S/C20H12Cl2N6O9S2/c21-17-18(22)25-13-5-9(1-3-12(13)24-17)19(29)23-10-2-4-16(38(32,33)34)14(6-10)26-27-15-8-28(39(35,36)37)7-11(15)20(30)31/h1-8H,(H,23,29)(H,30,31)(H,32,33,34)(H,35,36,37)/b27-26+. The first-order chi connectivity index (χ1) is 18.1. The number of hydrogen-bond donors (Lipinski definition) is 4. The van der Waals surface area contributed by atoms with Gasteiger partial charge in [0, 0.05) is 17.4 Å². The van der Waals surface area contributed by atoms with Crippen molar-refractivity contribution in [1.29, 1.82) is 0 Å². The van der Waals surface area contributed by atoms with Gasteiger partial charge in [-0.05, 0) is 36.4 Å². The number of carbonyl (C=O) groups excluding carboxylic acids is 1. The topological polar surface area (TPSA) is 231 Å². The Labute approximate surface area is 228 Å². The molecular formula is C20H12Cl2N6O9S2. The number of azo groups is 1. The first kappa shape index (κ1) is 28.0. The Kier molecular flexibility index (Phi) is 7.39. The van der Waals surface area contributed by atoms with Crippen LogP contribution in [-0.2, 0) is 20.4 Å². The lowest BCUT2D eigenvalue weighted by molar-refractivity contribution is 0.0697. The molecule has 39 heavy (non-hydrogen) atoms. The number of aromatic nitrogens is 3. The molecule has 0 aliphatic carbocycles. The fourth-order valence-electron chi connectivity index (χ4n) is 3.15. The Balaban J connectivity index is 1.70. The molecule has 4 aromatic rings. The zero-order valence-electron chi connectivity index (χ0n) is 18.7. The van der Waals surface area contributed by atoms with Gasteiger partial charge in [-0.3, -0.25) is 13.9 Å². The number of anilines is 1. The number of nitrogens with zero attached hydrogens (tertiary/aromatic N) is 5. The van der Waals surface area contributed by atoms with Crippen LogP contribution < -0.4 is 5.32 Å². The van der Waals surface area contributed by atoms with Crippen molar-refractivity contribution in [3.8, 4) is 0 Å². The van der Waals surface area contributed by atoms with E-state index in [0.29, 0.717) is 17.9 Å². The van der Waals surface area contributed by atoms with Crippen molar-refractivity contribution in [2.24, 2.45) is 10.2 Å². The number of fused-ring (bicyclic) bond motifs is 1. The van der Waals surface area contributed by atoms with Gasteiger partial charge in [-0.25, -0.2) is 18.7 Å². The van der Waals surface area contributed by atoms with E-state index in [4.69, 9.17) is 27.8 Å². The summed E-state index contributed by atoms with van der Waals surface area (Å²) in [6.45, 7) is 0. The quantitative estimate of drug-likeness (QED) is 0.171. The highest BCUT2D eigenvalue weighted by atomic mass is 35.5. The molecule has 202 valence electrons. The third-order valence-corrected chi connectivity index (χ3v) is 7.15. The molecule has 0 atom stereocenters. The average Bonchev–Trinajstić information content (AvgIpc) is 3.28. The van der Waals surface area contributed by atoms with Crippen LogP contribution in [0.2, 0.25) is 10.3 Å². The first-order valence-electron chi connectivity index (χ1n) is 10.0. The summed E-state index contributed by atoms with van der Waals surface area (Å²) >= 11 is 11.7. The predicted octanol–water partition coefficient (Wildman–Crippen LogP) is 4.00. The normalized spacial score (nSPS) is 12.2. The molecule has 0 unspecified atom stereocenters. The summed E-state index contributed by atoms with van der Waals surface area (Å²) in [5.41, 5.74) is -1.10. The molecule has 2 aromatic heterocycles. The van der Waals surface area contributed by atoms with Gasteiger partial charge < -0.3 is 10.4 Å². The van der Waals surface area contributed by atoms with Gasteiger partial charge in [0.2, 0.25) is 0 Å². The molecular weight excluding hydrogens is 603 g/mol. The molecule has 0 radical (unpaired) electrons. The van der Waals surface area contributed by atoms with Crippen LogP contribution in [0, 0.1) is 0 Å². The molecule has 2 aromatic carbocycles. The van der Waals surface area contributed by atoms with E-state index >= 15 is 0 Å². The second-order valence-corrected chi connectivity index (χ2v) is 10.9. The molecule has 4 rings (SSSR count). The van der Waals surface area contributed by atoms with Gasteiger partial charge in [0.15, 0.2) is 10.3 Å². The number of amides is 1. The van der Waals surface area contributed by atoms with Gasteiger partial charge in [0.1, 0.15) is 21.8 Å². The molecule has 1 amide bonds. The zero-order valence-corrected chi connectivity index (χ0v) is 21.9. The van der Waals surface area contributed by atoms with Gasteiger partial charge in [-0.15, -0.1) is 10.2 Å². The van der Waals surface area contributed by atoms with Gasteiger partial charge in [0.25, 0.3) is 16.0 Å². The van der Waals surface area contributed by atoms with Crippen LogP contribution in [0.1, 0.15) is 20.7 Å². The van der Waals surface area contributed by atoms with Crippen LogP contribution in [-0.4, -0.2) is 56.9 Å². The molecule has 2 heterocycles. The van der Waals surface area contributed by atoms with E-state index in [0.717, 1.165) is 18.2 Å². The summed E-state index contributed by atoms with van der Waals surface area (Å²) < 4.78 is 65.2. The summed E-state index contributed by atoms with van der Waals surface area (Å²) in [7, 11) is -9.75. The van der Waals surface area contributed by atoms with Gasteiger partial charge in [-0.2, -0.15) is 16.8 Å². The maximum absolute atomic E-state index is 12.8. The maximum Gasteiger partial charge on any atom is 0.363 e. The minimum Gasteiger partial charge on any atom is -0.478 e. The Morgan fingerprint density at radius 2 is 1.51 bits per heavy atom. The third-order valence-electron chi connectivity index (χ3n) is 4.88. The number of nitrogens with one attached hydrogen (secondary N) is 1. The molecule has 0 bridgehead atoms. The van der Waals surface area contributed by atoms with Crippen LogP contribution in [0.15, 0.2) is 63.9 Å². The number of rotatable bonds is 7. The number of carboxylic acid groups (broad SMARTS) is 1. The fraction of sp³-hybridized carbons (Fsp3) is 0. The van der Waals surface area contributed by atoms with Crippen molar-refractivity contribution < 1.29 is 40.6 Å². The molecule has 0 spiro atoms. The second kappa shape index (κ2) is 10.3. The number of halogens is 2. The Morgan fingerprint density at radius 1 is 0.872 bits per heavy atom. The van der Waals surface area contributed by atoms with E-state index in [-0.39, 0.29) is 31.0 Å². The van der Waals surface area contributed by atoms with Crippen molar-refractivity contribution >= 4 is 83.6 Å². The van der Waals surface area contributed by atoms with Gasteiger partial charge >= 0.3 is 16.3 Å². The van der Waals surface area contributed by atoms with E-state index in [2.05, 4.69) is 25.5 Å². The van der Waals surface area contributed by atoms with Crippen molar-refractivity contribution in [2.75, 3.05) is 5.32 Å². The average molecular weight is 615 g/mol. The first-order valence-corrected chi connectivity index (χ1v) is 13.6. The lowest BCUT2D eigenvalue weighted by Gasteiger charge is -2.09. The van der Waals surface area contributed by atoms with E-state index in [1.165, 1.54) is 18.2 Å². The number of benzene rings is 2. The van der Waals surface area contributed by atoms with Crippen molar-refractivity contribution in [1.82, 2.24) is 13.9 Å². The summed E-state index contributed by atoms with van der Waals surface area (Å²) in [6, 6.07) is 7.29. The minimum absolute atomic E-state index is 0.0179. The largest absolute Gasteiger partial charge is 0.478 e. The van der Waals surface area contributed by atoms with Crippen LogP contribution >= 0.6 is 23.2 Å². The van der Waals surface area contributed by atoms with E-state index < -0.39 is 54.1 Å². The SMILES string of the molecule is O=C(Nc1ccc(S(=O)(=O)O)c(/N=N/c2cn(S(=O)(=O)O)cc2C(=O)O)c1)c1ccc2nc(Cl)c(Cl)nc2c1. The number of carbonyl (C=O) groups is 2. The second-order valence-electron chi connectivity index (χ2n) is 7.49. The summed E-state index contributed by atoms with van der Waals surface area (Å²) in [5, 5.41) is 18.8. The lowest BCUT2D eigenvalue weighted by Crippen LogP contribution is -2.12. The van der Waals surface area contributed by atoms with Crippen molar-refractivity contribution in [3.63, 3.8) is 0 Å². The fourth-order valence-corrected chi connectivity index (χ4v) is 4.50. The molecule has 15 nitrogen and oxygen atoms in total. The molecule has 0 saturated heterocycles. The van der Waals surface area contributed by atoms with Crippen LogP contribution in [0.5, 0.6) is 0 Å². The summed E-state index contributed by atoms with van der Waals surface area (Å²) in [6.07, 6.45) is 1.16. The molecule has 0 aliphatic heterocycles. The third kappa shape index (κ3) is 6.19. The molecule has 0 saturated carbocycles. The zero-order chi connectivity index (χ0) is 28.7. The number of carboxylic acids is 1. The predicted molar refractivity (Wildman–Crippen MR) is 136 cm³/mol. The van der Waals surface area contributed by atoms with Gasteiger partial charge in [-0.1, -0.05) is 23.2 Å². The molecule has 0 aliphatic rings. The van der Waals surface area contributed by atoms with Crippen LogP contribution in [0.4, 0.5) is 17.1 Å². The van der Waals surface area contributed by atoms with Crippen LogP contribution in [0.25, 0.3) is 11.0 Å². The number of aromatic carboxylic acids is 1. The van der Waals surface area contributed by atoms with E-state index in [1.807, 2.05) is 0 Å². The minimum atomic E-state index is -4.87. The van der Waals surface area contributed by atoms with Crippen LogP contribution in [0.3, 0.4) is 0 Å². The molecule has 4 N–H and O–H groups in total. The van der Waals surface area contributed by atoms with E-state index in [9.17, 15) is 36.1 Å². The summed E-state index contributed by atoms with van der Waals surface area (Å²) in [5.74, 6) is -2.31. The highest BCUT2D eigenvalue weighted by molar-refractivity contribution is 7.86. The Morgan fingerprint density at radius 3 is 2.13 bits per heavy atom. The van der Waals surface area contributed by atoms with Crippen molar-refractivity contribution in [2.45, 2.75) is 4.90 Å². The smallest absolute Gasteiger partial charge is 0.363 e. The highest BCUT2D eigenvalue weighted by Crippen LogP contribution is 2.31. The lowest BCUT2D eigenvalue weighted by atomic mass is 10.1. The summed E-state index contributed by atoms with van der Waals surface area (Å²) in [4.78, 5) is 31.5. The van der Waals surface area contributed by atoms with Crippen molar-refractivity contribution in [3.05, 3.63) is 70.2 Å². The molecule has 19 heteroatoms. The monoisotopic (exact) mass is 614 g/mol. The Bertz CT molecular complexity index is 1930. The van der Waals surface area contributed by atoms with Gasteiger partial charge in [0.05, 0.1) is 17.2 Å². The highest BCUT2D eigenvalue weighted by Gasteiger charge is 2.21. The molecule has 0 fully saturated rings. The Hall–Kier alpha value is -4.00. The maximum atomic E-state index is 12.8. The van der Waals surface area contributed by atoms with E-state index in [1.54, 1.807) is 0 Å². The number of hydrogen-bond acceptors (Lipinski definition) is 10.